The van der Waals surface area contributed by atoms with Crippen LogP contribution in [0.2, 0.25) is 0 Å². The molecule has 1 aliphatic carbocycles. The van der Waals surface area contributed by atoms with Crippen LogP contribution in [0.15, 0.2) is 28.3 Å². The average Bonchev–Trinajstić information content (AvgIpc) is 3.18. The molecule has 1 saturated carbocycles. The van der Waals surface area contributed by atoms with Crippen LogP contribution in [0.25, 0.3) is 0 Å². The molecule has 1 heterocycles. The molecule has 116 valence electrons. The fourth-order valence-electron chi connectivity index (χ4n) is 1.86. The highest BCUT2D eigenvalue weighted by molar-refractivity contribution is 7.99. The Morgan fingerprint density at radius 1 is 1.36 bits per heavy atom. The van der Waals surface area contributed by atoms with Crippen molar-refractivity contribution in [3.05, 3.63) is 39.7 Å². The predicted octanol–water partition coefficient (Wildman–Crippen LogP) is 3.76. The summed E-state index contributed by atoms with van der Waals surface area (Å²) in [6.45, 7) is 0. The van der Waals surface area contributed by atoms with Crippen LogP contribution in [0.4, 0.5) is 18.9 Å². The summed E-state index contributed by atoms with van der Waals surface area (Å²) in [7, 11) is 0. The van der Waals surface area contributed by atoms with Gasteiger partial charge in [-0.2, -0.15) is 13.2 Å². The second-order valence-corrected chi connectivity index (χ2v) is 5.83. The van der Waals surface area contributed by atoms with E-state index in [-0.39, 0.29) is 10.1 Å². The van der Waals surface area contributed by atoms with E-state index >= 15 is 0 Å². The monoisotopic (exact) mass is 330 g/mol. The predicted molar refractivity (Wildman–Crippen MR) is 70.6 cm³/mol. The van der Waals surface area contributed by atoms with E-state index in [0.717, 1.165) is 36.7 Å². The lowest BCUT2D eigenvalue weighted by atomic mass is 10.2. The number of benzene rings is 1. The first-order valence-electron chi connectivity index (χ1n) is 6.30. The molecule has 3 rings (SSSR count). The Morgan fingerprint density at radius 3 is 2.68 bits per heavy atom. The van der Waals surface area contributed by atoms with E-state index in [1.54, 1.807) is 0 Å². The van der Waals surface area contributed by atoms with Gasteiger partial charge >= 0.3 is 6.18 Å². The van der Waals surface area contributed by atoms with E-state index in [9.17, 15) is 23.3 Å². The summed E-state index contributed by atoms with van der Waals surface area (Å²) in [5, 5.41) is 17.9. The maximum atomic E-state index is 12.6. The zero-order valence-corrected chi connectivity index (χ0v) is 11.7. The third kappa shape index (κ3) is 3.06. The van der Waals surface area contributed by atoms with Gasteiger partial charge in [0.25, 0.3) is 5.69 Å². The van der Waals surface area contributed by atoms with Gasteiger partial charge in [0.15, 0.2) is 0 Å². The topological polar surface area (TPSA) is 84.7 Å². The van der Waals surface area contributed by atoms with Crippen LogP contribution in [-0.2, 0) is 6.18 Å². The summed E-state index contributed by atoms with van der Waals surface area (Å²) >= 11 is 0.865. The summed E-state index contributed by atoms with van der Waals surface area (Å²) < 4.78 is 37.9. The molecule has 0 radical (unpaired) electrons. The minimum atomic E-state index is -4.63. The van der Waals surface area contributed by atoms with Gasteiger partial charge in [0, 0.05) is 12.0 Å². The fourth-order valence-corrected chi connectivity index (χ4v) is 2.67. The molecule has 1 fully saturated rings. The molecule has 0 saturated heterocycles. The van der Waals surface area contributed by atoms with Crippen molar-refractivity contribution in [2.24, 2.45) is 0 Å². The maximum Gasteiger partial charge on any atom is 0.416 e. The number of alkyl halides is 3. The van der Waals surface area contributed by atoms with Crippen molar-refractivity contribution >= 4 is 17.4 Å². The number of aromatic nitrogens is 3. The zero-order valence-electron chi connectivity index (χ0n) is 10.9. The van der Waals surface area contributed by atoms with Crippen molar-refractivity contribution in [3.63, 3.8) is 0 Å². The number of nitrogens with one attached hydrogen (secondary N) is 1. The van der Waals surface area contributed by atoms with E-state index in [4.69, 9.17) is 0 Å². The van der Waals surface area contributed by atoms with Gasteiger partial charge in [0.05, 0.1) is 15.4 Å². The molecule has 0 unspecified atom stereocenters. The van der Waals surface area contributed by atoms with Crippen LogP contribution in [-0.4, -0.2) is 20.1 Å². The number of nitro benzene ring substituents is 1. The molecule has 1 aliphatic rings. The Bertz CT molecular complexity index is 727. The lowest BCUT2D eigenvalue weighted by Crippen LogP contribution is -2.05. The minimum absolute atomic E-state index is 0.0688. The van der Waals surface area contributed by atoms with E-state index < -0.39 is 22.4 Å². The van der Waals surface area contributed by atoms with E-state index in [0.29, 0.717) is 17.8 Å². The van der Waals surface area contributed by atoms with Crippen LogP contribution in [0, 0.1) is 10.1 Å². The van der Waals surface area contributed by atoms with Crippen molar-refractivity contribution in [2.75, 3.05) is 0 Å². The Kier molecular flexibility index (Phi) is 3.55. The average molecular weight is 330 g/mol. The molecule has 0 aliphatic heterocycles. The Labute approximate surface area is 126 Å². The first kappa shape index (κ1) is 14.8. The molecule has 1 aromatic carbocycles. The summed E-state index contributed by atoms with van der Waals surface area (Å²) in [4.78, 5) is 14.4. The van der Waals surface area contributed by atoms with Gasteiger partial charge in [-0.05, 0) is 36.7 Å². The molecule has 1 N–H and O–H groups in total. The maximum absolute atomic E-state index is 12.6. The van der Waals surface area contributed by atoms with Gasteiger partial charge in [0.1, 0.15) is 5.82 Å². The number of H-pyrrole nitrogens is 1. The summed E-state index contributed by atoms with van der Waals surface area (Å²) in [5.41, 5.74) is -1.67. The van der Waals surface area contributed by atoms with E-state index in [1.807, 2.05) is 0 Å². The Balaban J connectivity index is 1.89. The molecule has 6 nitrogen and oxygen atoms in total. The van der Waals surface area contributed by atoms with Crippen LogP contribution in [0.3, 0.4) is 0 Å². The number of aromatic amines is 1. The summed E-state index contributed by atoms with van der Waals surface area (Å²) in [6.07, 6.45) is -2.60. The smallest absolute Gasteiger partial charge is 0.262 e. The second kappa shape index (κ2) is 5.27. The normalized spacial score (nSPS) is 15.0. The molecule has 22 heavy (non-hydrogen) atoms. The van der Waals surface area contributed by atoms with Crippen LogP contribution >= 0.6 is 11.8 Å². The highest BCUT2D eigenvalue weighted by Crippen LogP contribution is 2.41. The summed E-state index contributed by atoms with van der Waals surface area (Å²) in [5.74, 6) is 1.04. The van der Waals surface area contributed by atoms with Crippen molar-refractivity contribution in [1.29, 1.82) is 0 Å². The quantitative estimate of drug-likeness (QED) is 0.681. The molecule has 0 atom stereocenters. The number of rotatable bonds is 4. The minimum Gasteiger partial charge on any atom is -0.262 e. The van der Waals surface area contributed by atoms with Crippen LogP contribution < -0.4 is 0 Å². The lowest BCUT2D eigenvalue weighted by Gasteiger charge is -2.07. The van der Waals surface area contributed by atoms with Crippen molar-refractivity contribution in [3.8, 4) is 0 Å². The van der Waals surface area contributed by atoms with Gasteiger partial charge in [-0.1, -0.05) is 0 Å². The molecule has 0 bridgehead atoms. The van der Waals surface area contributed by atoms with Gasteiger partial charge in [0.2, 0.25) is 5.16 Å². The zero-order chi connectivity index (χ0) is 15.9. The fraction of sp³-hybridized carbons (Fsp3) is 0.333. The highest BCUT2D eigenvalue weighted by Gasteiger charge is 2.33. The third-order valence-corrected chi connectivity index (χ3v) is 4.06. The standard InChI is InChI=1S/C12H9F3N4O2S/c13-12(14,15)7-3-4-9(8(5-7)19(20)21)22-11-16-10(17-18-11)6-1-2-6/h3-6H,1-2H2,(H,16,17,18). The van der Waals surface area contributed by atoms with Crippen molar-refractivity contribution in [2.45, 2.75) is 35.0 Å². The largest absolute Gasteiger partial charge is 0.416 e. The first-order chi connectivity index (χ1) is 10.3. The first-order valence-corrected chi connectivity index (χ1v) is 7.12. The molecule has 10 heteroatoms. The van der Waals surface area contributed by atoms with Gasteiger partial charge in [-0.25, -0.2) is 4.98 Å². The highest BCUT2D eigenvalue weighted by atomic mass is 32.2. The molecular weight excluding hydrogens is 321 g/mol. The number of hydrogen-bond donors (Lipinski definition) is 1. The Hall–Kier alpha value is -2.10. The van der Waals surface area contributed by atoms with E-state index in [1.165, 1.54) is 0 Å². The molecule has 2 aromatic rings. The second-order valence-electron chi connectivity index (χ2n) is 4.82. The number of halogens is 3. The molecule has 0 spiro atoms. The number of nitro groups is 1. The van der Waals surface area contributed by atoms with Crippen molar-refractivity contribution < 1.29 is 18.1 Å². The van der Waals surface area contributed by atoms with Crippen LogP contribution in [0.1, 0.15) is 30.1 Å². The third-order valence-electron chi connectivity index (χ3n) is 3.13. The molecule has 1 aromatic heterocycles. The lowest BCUT2D eigenvalue weighted by molar-refractivity contribution is -0.388. The van der Waals surface area contributed by atoms with Crippen molar-refractivity contribution in [1.82, 2.24) is 15.2 Å². The molecular formula is C12H9F3N4O2S. The SMILES string of the molecule is O=[N+]([O-])c1cc(C(F)(F)F)ccc1Sc1n[nH]c(C2CC2)n1. The number of hydrogen-bond acceptors (Lipinski definition) is 5. The van der Waals surface area contributed by atoms with E-state index in [2.05, 4.69) is 15.2 Å². The summed E-state index contributed by atoms with van der Waals surface area (Å²) in [6, 6.07) is 2.40. The molecule has 0 amide bonds. The van der Waals surface area contributed by atoms with Gasteiger partial charge < -0.3 is 0 Å². The Morgan fingerprint density at radius 2 is 2.09 bits per heavy atom. The van der Waals surface area contributed by atoms with Crippen LogP contribution in [0.5, 0.6) is 0 Å². The van der Waals surface area contributed by atoms with Gasteiger partial charge in [-0.3, -0.25) is 15.2 Å². The van der Waals surface area contributed by atoms with Gasteiger partial charge in [-0.15, -0.1) is 5.10 Å². The number of nitrogens with zero attached hydrogens (tertiary/aromatic N) is 3.